The molecule has 0 fully saturated rings. The summed E-state index contributed by atoms with van der Waals surface area (Å²) in [5.74, 6) is 4.94. The van der Waals surface area contributed by atoms with Crippen LogP contribution in [0.15, 0.2) is 79.0 Å². The number of imidazole rings is 1. The van der Waals surface area contributed by atoms with Gasteiger partial charge in [-0.2, -0.15) is 13.2 Å². The van der Waals surface area contributed by atoms with E-state index in [1.165, 1.54) is 6.07 Å². The number of nitrogens with one attached hydrogen (secondary N) is 2. The van der Waals surface area contributed by atoms with Crippen LogP contribution < -0.4 is 10.1 Å². The van der Waals surface area contributed by atoms with Gasteiger partial charge in [-0.05, 0) is 48.0 Å². The normalized spacial score (nSPS) is 10.9. The molecule has 4 aromatic rings. The lowest BCUT2D eigenvalue weighted by atomic mass is 10.1. The van der Waals surface area contributed by atoms with Crippen LogP contribution in [0.3, 0.4) is 0 Å². The average Bonchev–Trinajstić information content (AvgIpc) is 3.35. The number of benzene rings is 3. The number of H-pyrrole nitrogens is 1. The number of hydrogen-bond donors (Lipinski definition) is 2. The molecule has 0 atom stereocenters. The summed E-state index contributed by atoms with van der Waals surface area (Å²) in [4.78, 5) is 18.6. The van der Waals surface area contributed by atoms with Crippen LogP contribution in [0.4, 0.5) is 18.9 Å². The molecule has 0 aliphatic carbocycles. The van der Waals surface area contributed by atoms with Crippen LogP contribution in [0.1, 0.15) is 16.8 Å². The van der Waals surface area contributed by atoms with Crippen molar-refractivity contribution in [2.75, 3.05) is 5.32 Å². The van der Waals surface area contributed by atoms with E-state index in [2.05, 4.69) is 27.1 Å². The molecule has 1 amide bonds. The van der Waals surface area contributed by atoms with Crippen molar-refractivity contribution < 1.29 is 22.7 Å². The highest BCUT2D eigenvalue weighted by atomic mass is 35.5. The quantitative estimate of drug-likeness (QED) is 0.318. The fraction of sp³-hybridized carbons (Fsp3) is 0.0769. The molecule has 3 aromatic carbocycles. The minimum absolute atomic E-state index is 0.00700. The maximum Gasteiger partial charge on any atom is 0.432 e. The fourth-order valence-corrected chi connectivity index (χ4v) is 3.18. The van der Waals surface area contributed by atoms with Crippen LogP contribution >= 0.6 is 11.6 Å². The van der Waals surface area contributed by atoms with Gasteiger partial charge in [0.15, 0.2) is 0 Å². The van der Waals surface area contributed by atoms with Crippen LogP contribution in [0.2, 0.25) is 5.02 Å². The Hall–Kier alpha value is -4.22. The van der Waals surface area contributed by atoms with E-state index in [0.29, 0.717) is 28.1 Å². The Morgan fingerprint density at radius 2 is 1.80 bits per heavy atom. The van der Waals surface area contributed by atoms with Crippen LogP contribution in [0.25, 0.3) is 11.4 Å². The van der Waals surface area contributed by atoms with E-state index in [1.807, 2.05) is 6.07 Å². The number of alkyl halides is 3. The summed E-state index contributed by atoms with van der Waals surface area (Å²) in [5.41, 5.74) is 1.07. The highest BCUT2D eigenvalue weighted by Gasteiger charge is 2.33. The third-order valence-corrected chi connectivity index (χ3v) is 5.04. The van der Waals surface area contributed by atoms with E-state index in [1.54, 1.807) is 60.7 Å². The van der Waals surface area contributed by atoms with E-state index in [-0.39, 0.29) is 18.1 Å². The van der Waals surface area contributed by atoms with Gasteiger partial charge in [0, 0.05) is 22.1 Å². The summed E-state index contributed by atoms with van der Waals surface area (Å²) in [6, 6.07) is 20.5. The topological polar surface area (TPSA) is 67.0 Å². The van der Waals surface area contributed by atoms with Gasteiger partial charge < -0.3 is 15.0 Å². The Kier molecular flexibility index (Phi) is 7.09. The van der Waals surface area contributed by atoms with E-state index < -0.39 is 17.8 Å². The molecule has 0 aliphatic heterocycles. The number of aromatic nitrogens is 2. The van der Waals surface area contributed by atoms with Crippen LogP contribution in [-0.4, -0.2) is 15.9 Å². The second kappa shape index (κ2) is 10.4. The van der Waals surface area contributed by atoms with E-state index in [4.69, 9.17) is 16.3 Å². The molecule has 2 N–H and O–H groups in total. The average molecular weight is 496 g/mol. The van der Waals surface area contributed by atoms with E-state index in [9.17, 15) is 18.0 Å². The molecule has 0 saturated heterocycles. The van der Waals surface area contributed by atoms with Gasteiger partial charge in [0.1, 0.15) is 23.9 Å². The number of carbonyl (C=O) groups excluding carboxylic acids is 1. The predicted octanol–water partition coefficient (Wildman–Crippen LogP) is 6.32. The third-order valence-electron chi connectivity index (χ3n) is 4.78. The molecule has 0 radical (unpaired) electrons. The highest BCUT2D eigenvalue weighted by Crippen LogP contribution is 2.33. The maximum atomic E-state index is 13.0. The lowest BCUT2D eigenvalue weighted by Gasteiger charge is -2.13. The first-order chi connectivity index (χ1) is 16.8. The van der Waals surface area contributed by atoms with Gasteiger partial charge >= 0.3 is 12.1 Å². The molecule has 0 bridgehead atoms. The third kappa shape index (κ3) is 6.43. The number of nitrogens with zero attached hydrogens (tertiary/aromatic N) is 1. The minimum Gasteiger partial charge on any atom is -0.487 e. The zero-order valence-electron chi connectivity index (χ0n) is 18.0. The van der Waals surface area contributed by atoms with Crippen molar-refractivity contribution in [3.8, 4) is 29.0 Å². The second-order valence-corrected chi connectivity index (χ2v) is 7.78. The molecular weight excluding hydrogens is 479 g/mol. The number of ether oxygens (including phenoxy) is 1. The number of carbonyl (C=O) groups is 1. The molecular formula is C26H17ClF3N3O2. The first-order valence-electron chi connectivity index (χ1n) is 10.3. The van der Waals surface area contributed by atoms with Gasteiger partial charge in [-0.1, -0.05) is 47.9 Å². The predicted molar refractivity (Wildman–Crippen MR) is 127 cm³/mol. The molecule has 176 valence electrons. The zero-order valence-corrected chi connectivity index (χ0v) is 18.7. The first-order valence-corrected chi connectivity index (χ1v) is 10.7. The van der Waals surface area contributed by atoms with Gasteiger partial charge in [-0.15, -0.1) is 0 Å². The lowest BCUT2D eigenvalue weighted by Crippen LogP contribution is -2.10. The number of aromatic amines is 1. The standard InChI is InChI=1S/C26H17ClF3N3O2/c27-20-10-6-18(7-11-20)16-35-22-12-9-19(25-31-15-23(33-25)26(28,29)30)14-21(22)32-24(34)13-8-17-4-2-1-3-5-17/h1-7,9-12,14-15H,16H2,(H,31,33)(H,32,34). The molecule has 0 spiro atoms. The Labute approximate surface area is 203 Å². The Balaban J connectivity index is 1.60. The summed E-state index contributed by atoms with van der Waals surface area (Å²) in [6.45, 7) is 0.175. The molecule has 0 unspecified atom stereocenters. The van der Waals surface area contributed by atoms with Gasteiger partial charge in [-0.3, -0.25) is 4.79 Å². The van der Waals surface area contributed by atoms with Crippen molar-refractivity contribution in [2.24, 2.45) is 0 Å². The van der Waals surface area contributed by atoms with E-state index >= 15 is 0 Å². The Bertz CT molecular complexity index is 1390. The number of amides is 1. The van der Waals surface area contributed by atoms with Crippen molar-refractivity contribution >= 4 is 23.2 Å². The molecule has 1 aromatic heterocycles. The molecule has 0 aliphatic rings. The lowest BCUT2D eigenvalue weighted by molar-refractivity contribution is -0.140. The van der Waals surface area contributed by atoms with Crippen molar-refractivity contribution in [3.63, 3.8) is 0 Å². The van der Waals surface area contributed by atoms with Crippen LogP contribution in [-0.2, 0) is 17.6 Å². The van der Waals surface area contributed by atoms with Crippen molar-refractivity contribution in [2.45, 2.75) is 12.8 Å². The van der Waals surface area contributed by atoms with Crippen molar-refractivity contribution in [3.05, 3.63) is 101 Å². The fourth-order valence-electron chi connectivity index (χ4n) is 3.06. The molecule has 5 nitrogen and oxygen atoms in total. The number of halogens is 4. The summed E-state index contributed by atoms with van der Waals surface area (Å²) in [5, 5.41) is 3.23. The molecule has 4 rings (SSSR count). The van der Waals surface area contributed by atoms with Gasteiger partial charge in [0.25, 0.3) is 0 Å². The second-order valence-electron chi connectivity index (χ2n) is 7.34. The minimum atomic E-state index is -4.56. The summed E-state index contributed by atoms with van der Waals surface area (Å²) >= 11 is 5.91. The number of anilines is 1. The van der Waals surface area contributed by atoms with Crippen molar-refractivity contribution in [1.29, 1.82) is 0 Å². The first kappa shape index (κ1) is 23.9. The maximum absolute atomic E-state index is 13.0. The van der Waals surface area contributed by atoms with Crippen molar-refractivity contribution in [1.82, 2.24) is 9.97 Å². The zero-order chi connectivity index (χ0) is 24.8. The Morgan fingerprint density at radius 1 is 1.06 bits per heavy atom. The van der Waals surface area contributed by atoms with Crippen LogP contribution in [0.5, 0.6) is 5.75 Å². The smallest absolute Gasteiger partial charge is 0.432 e. The molecule has 9 heteroatoms. The van der Waals surface area contributed by atoms with Crippen LogP contribution in [0, 0.1) is 11.8 Å². The Morgan fingerprint density at radius 3 is 2.49 bits per heavy atom. The largest absolute Gasteiger partial charge is 0.487 e. The number of hydrogen-bond acceptors (Lipinski definition) is 3. The molecule has 1 heterocycles. The van der Waals surface area contributed by atoms with Gasteiger partial charge in [-0.25, -0.2) is 4.98 Å². The SMILES string of the molecule is O=C(C#Cc1ccccc1)Nc1cc(-c2ncc(C(F)(F)F)[nH]2)ccc1OCc1ccc(Cl)cc1. The summed E-state index contributed by atoms with van der Waals surface area (Å²) in [7, 11) is 0. The summed E-state index contributed by atoms with van der Waals surface area (Å²) in [6.07, 6.45) is -3.85. The summed E-state index contributed by atoms with van der Waals surface area (Å²) < 4.78 is 44.8. The van der Waals surface area contributed by atoms with Gasteiger partial charge in [0.2, 0.25) is 0 Å². The molecule has 0 saturated carbocycles. The monoisotopic (exact) mass is 495 g/mol. The van der Waals surface area contributed by atoms with Gasteiger partial charge in [0.05, 0.1) is 11.9 Å². The van der Waals surface area contributed by atoms with E-state index in [0.717, 1.165) is 5.56 Å². The highest BCUT2D eigenvalue weighted by molar-refractivity contribution is 6.30. The molecule has 35 heavy (non-hydrogen) atoms. The number of rotatable bonds is 5.